The highest BCUT2D eigenvalue weighted by Gasteiger charge is 2.25. The molecular weight excluding hydrogens is 258 g/mol. The van der Waals surface area contributed by atoms with Gasteiger partial charge in [-0.25, -0.2) is 0 Å². The minimum atomic E-state index is 0.660. The van der Waals surface area contributed by atoms with Crippen molar-refractivity contribution in [2.24, 2.45) is 0 Å². The second-order valence-electron chi connectivity index (χ2n) is 5.25. The van der Waals surface area contributed by atoms with Crippen LogP contribution in [-0.2, 0) is 6.54 Å². The van der Waals surface area contributed by atoms with Gasteiger partial charge in [0.05, 0.1) is 10.7 Å². The van der Waals surface area contributed by atoms with Crippen LogP contribution in [0.15, 0.2) is 18.2 Å². The first kappa shape index (κ1) is 14.6. The molecule has 2 rings (SSSR count). The van der Waals surface area contributed by atoms with Gasteiger partial charge in [0.1, 0.15) is 0 Å². The maximum atomic E-state index is 6.07. The molecule has 1 saturated heterocycles. The summed E-state index contributed by atoms with van der Waals surface area (Å²) in [5, 5.41) is 0.664. The second-order valence-corrected chi connectivity index (χ2v) is 5.66. The van der Waals surface area contributed by atoms with Crippen LogP contribution in [0.5, 0.6) is 0 Å². The third-order valence-corrected chi connectivity index (χ3v) is 4.37. The van der Waals surface area contributed by atoms with Gasteiger partial charge < -0.3 is 5.73 Å². The van der Waals surface area contributed by atoms with Crippen LogP contribution in [0.2, 0.25) is 5.02 Å². The van der Waals surface area contributed by atoms with Crippen LogP contribution in [0.4, 0.5) is 5.69 Å². The molecule has 1 atom stereocenters. The minimum Gasteiger partial charge on any atom is -0.398 e. The fraction of sp³-hybridized carbons (Fsp3) is 0.600. The van der Waals surface area contributed by atoms with E-state index in [0.717, 1.165) is 26.2 Å². The number of hydrogen-bond acceptors (Lipinski definition) is 3. The normalized spacial score (nSPS) is 20.3. The Morgan fingerprint density at radius 1 is 1.37 bits per heavy atom. The van der Waals surface area contributed by atoms with Crippen molar-refractivity contribution < 1.29 is 0 Å². The second kappa shape index (κ2) is 6.60. The van der Waals surface area contributed by atoms with Crippen molar-refractivity contribution in [3.05, 3.63) is 28.8 Å². The maximum Gasteiger partial charge on any atom is 0.0638 e. The topological polar surface area (TPSA) is 32.5 Å². The van der Waals surface area contributed by atoms with Crippen molar-refractivity contribution in [1.29, 1.82) is 0 Å². The first-order chi connectivity index (χ1) is 9.13. The smallest absolute Gasteiger partial charge is 0.0638 e. The van der Waals surface area contributed by atoms with Gasteiger partial charge in [0.2, 0.25) is 0 Å². The van der Waals surface area contributed by atoms with Crippen molar-refractivity contribution in [2.75, 3.05) is 31.9 Å². The SMILES string of the molecule is CCN(CC)C1CCN(Cc2ccc(N)c(Cl)c2)C1. The molecular formula is C15H24ClN3. The van der Waals surface area contributed by atoms with Gasteiger partial charge in [-0.1, -0.05) is 31.5 Å². The van der Waals surface area contributed by atoms with Crippen LogP contribution >= 0.6 is 11.6 Å². The predicted molar refractivity (Wildman–Crippen MR) is 82.5 cm³/mol. The zero-order valence-electron chi connectivity index (χ0n) is 11.9. The lowest BCUT2D eigenvalue weighted by Gasteiger charge is -2.26. The van der Waals surface area contributed by atoms with Crippen LogP contribution in [0.25, 0.3) is 0 Å². The lowest BCUT2D eigenvalue weighted by Crippen LogP contribution is -2.37. The number of benzene rings is 1. The number of likely N-dealkylation sites (N-methyl/N-ethyl adjacent to an activating group) is 1. The maximum absolute atomic E-state index is 6.07. The van der Waals surface area contributed by atoms with Gasteiger partial charge in [0.15, 0.2) is 0 Å². The molecule has 106 valence electrons. The van der Waals surface area contributed by atoms with Crippen molar-refractivity contribution in [3.63, 3.8) is 0 Å². The van der Waals surface area contributed by atoms with Crippen LogP contribution < -0.4 is 5.73 Å². The van der Waals surface area contributed by atoms with E-state index in [1.165, 1.54) is 18.5 Å². The van der Waals surface area contributed by atoms with Gasteiger partial charge in [-0.05, 0) is 37.2 Å². The molecule has 1 aliphatic rings. The fourth-order valence-corrected chi connectivity index (χ4v) is 3.12. The minimum absolute atomic E-state index is 0.660. The molecule has 1 aromatic rings. The van der Waals surface area contributed by atoms with E-state index in [4.69, 9.17) is 17.3 Å². The Hall–Kier alpha value is -0.770. The van der Waals surface area contributed by atoms with E-state index in [9.17, 15) is 0 Å². The Labute approximate surface area is 121 Å². The van der Waals surface area contributed by atoms with E-state index in [1.54, 1.807) is 0 Å². The summed E-state index contributed by atoms with van der Waals surface area (Å²) in [6.07, 6.45) is 1.27. The number of halogens is 1. The lowest BCUT2D eigenvalue weighted by atomic mass is 10.2. The highest BCUT2D eigenvalue weighted by molar-refractivity contribution is 6.33. The predicted octanol–water partition coefficient (Wildman–Crippen LogP) is 2.84. The molecule has 4 heteroatoms. The molecule has 1 heterocycles. The first-order valence-electron chi connectivity index (χ1n) is 7.14. The van der Waals surface area contributed by atoms with Gasteiger partial charge in [-0.15, -0.1) is 0 Å². The number of nitrogen functional groups attached to an aromatic ring is 1. The van der Waals surface area contributed by atoms with Gasteiger partial charge in [0.25, 0.3) is 0 Å². The van der Waals surface area contributed by atoms with Gasteiger partial charge >= 0.3 is 0 Å². The van der Waals surface area contributed by atoms with Crippen LogP contribution in [-0.4, -0.2) is 42.0 Å². The molecule has 3 nitrogen and oxygen atoms in total. The number of hydrogen-bond donors (Lipinski definition) is 1. The monoisotopic (exact) mass is 281 g/mol. The molecule has 0 amide bonds. The third kappa shape index (κ3) is 3.62. The Bertz CT molecular complexity index is 418. The molecule has 0 aliphatic carbocycles. The zero-order valence-corrected chi connectivity index (χ0v) is 12.7. The quantitative estimate of drug-likeness (QED) is 0.843. The summed E-state index contributed by atoms with van der Waals surface area (Å²) in [6.45, 7) is 10.1. The molecule has 1 aromatic carbocycles. The summed E-state index contributed by atoms with van der Waals surface area (Å²) in [6, 6.07) is 6.67. The summed E-state index contributed by atoms with van der Waals surface area (Å²) in [5.41, 5.74) is 7.65. The Kier molecular flexibility index (Phi) is 5.08. The van der Waals surface area contributed by atoms with Crippen molar-refractivity contribution >= 4 is 17.3 Å². The van der Waals surface area contributed by atoms with Gasteiger partial charge in [0, 0.05) is 25.7 Å². The van der Waals surface area contributed by atoms with Crippen LogP contribution in [0.1, 0.15) is 25.8 Å². The van der Waals surface area contributed by atoms with Crippen molar-refractivity contribution in [2.45, 2.75) is 32.9 Å². The third-order valence-electron chi connectivity index (χ3n) is 4.05. The van der Waals surface area contributed by atoms with E-state index in [-0.39, 0.29) is 0 Å². The van der Waals surface area contributed by atoms with Crippen LogP contribution in [0, 0.1) is 0 Å². The first-order valence-corrected chi connectivity index (χ1v) is 7.52. The largest absolute Gasteiger partial charge is 0.398 e. The summed E-state index contributed by atoms with van der Waals surface area (Å²) in [4.78, 5) is 5.06. The van der Waals surface area contributed by atoms with Crippen molar-refractivity contribution in [1.82, 2.24) is 9.80 Å². The van der Waals surface area contributed by atoms with Crippen LogP contribution in [0.3, 0.4) is 0 Å². The molecule has 0 aromatic heterocycles. The Morgan fingerprint density at radius 2 is 2.11 bits per heavy atom. The van der Waals surface area contributed by atoms with E-state index in [0.29, 0.717) is 16.8 Å². The molecule has 1 aliphatic heterocycles. The molecule has 1 unspecified atom stereocenters. The van der Waals surface area contributed by atoms with Gasteiger partial charge in [-0.2, -0.15) is 0 Å². The molecule has 0 saturated carbocycles. The summed E-state index contributed by atoms with van der Waals surface area (Å²) in [5.74, 6) is 0. The lowest BCUT2D eigenvalue weighted by molar-refractivity contribution is 0.209. The standard InChI is InChI=1S/C15H24ClN3/c1-3-19(4-2)13-7-8-18(11-13)10-12-5-6-15(17)14(16)9-12/h5-6,9,13H,3-4,7-8,10-11,17H2,1-2H3. The Balaban J connectivity index is 1.92. The summed E-state index contributed by atoms with van der Waals surface area (Å²) in [7, 11) is 0. The van der Waals surface area contributed by atoms with Crippen molar-refractivity contribution in [3.8, 4) is 0 Å². The molecule has 0 bridgehead atoms. The molecule has 19 heavy (non-hydrogen) atoms. The summed E-state index contributed by atoms with van der Waals surface area (Å²) < 4.78 is 0. The highest BCUT2D eigenvalue weighted by Crippen LogP contribution is 2.22. The molecule has 0 spiro atoms. The number of likely N-dealkylation sites (tertiary alicyclic amines) is 1. The van der Waals surface area contributed by atoms with E-state index in [2.05, 4.69) is 29.7 Å². The fourth-order valence-electron chi connectivity index (χ4n) is 2.92. The zero-order chi connectivity index (χ0) is 13.8. The molecule has 2 N–H and O–H groups in total. The van der Waals surface area contributed by atoms with E-state index >= 15 is 0 Å². The van der Waals surface area contributed by atoms with E-state index < -0.39 is 0 Å². The average Bonchev–Trinajstić information content (AvgIpc) is 2.84. The molecule has 0 radical (unpaired) electrons. The van der Waals surface area contributed by atoms with E-state index in [1.807, 2.05) is 12.1 Å². The number of nitrogens with two attached hydrogens (primary N) is 1. The number of anilines is 1. The Morgan fingerprint density at radius 3 is 2.74 bits per heavy atom. The number of nitrogens with zero attached hydrogens (tertiary/aromatic N) is 2. The average molecular weight is 282 g/mol. The highest BCUT2D eigenvalue weighted by atomic mass is 35.5. The molecule has 1 fully saturated rings. The number of rotatable bonds is 5. The summed E-state index contributed by atoms with van der Waals surface area (Å²) >= 11 is 6.07. The van der Waals surface area contributed by atoms with Gasteiger partial charge in [-0.3, -0.25) is 9.80 Å².